The Labute approximate surface area is 188 Å². The van der Waals surface area contributed by atoms with Crippen molar-refractivity contribution in [2.24, 2.45) is 11.7 Å². The maximum absolute atomic E-state index is 13.8. The summed E-state index contributed by atoms with van der Waals surface area (Å²) in [6, 6.07) is 6.83. The van der Waals surface area contributed by atoms with Gasteiger partial charge in [0.1, 0.15) is 11.6 Å². The lowest BCUT2D eigenvalue weighted by Crippen LogP contribution is -2.54. The van der Waals surface area contributed by atoms with E-state index >= 15 is 0 Å². The molecule has 3 unspecified atom stereocenters. The highest BCUT2D eigenvalue weighted by atomic mass is 19.1. The van der Waals surface area contributed by atoms with Crippen LogP contribution in [0.2, 0.25) is 0 Å². The summed E-state index contributed by atoms with van der Waals surface area (Å²) in [6.07, 6.45) is 6.57. The molecule has 8 heteroatoms. The number of carbonyl (C=O) groups excluding carboxylic acids is 1. The topological polar surface area (TPSA) is 104 Å². The molecular formula is C24H34FN5O2. The molecule has 5 N–H and O–H groups in total. The summed E-state index contributed by atoms with van der Waals surface area (Å²) in [7, 11) is 0. The van der Waals surface area contributed by atoms with Gasteiger partial charge in [-0.2, -0.15) is 0 Å². The minimum atomic E-state index is -0.519. The lowest BCUT2D eigenvalue weighted by molar-refractivity contribution is 0.0941. The van der Waals surface area contributed by atoms with Gasteiger partial charge in [-0.05, 0) is 50.5 Å². The van der Waals surface area contributed by atoms with Crippen LogP contribution in [0.15, 0.2) is 24.3 Å². The van der Waals surface area contributed by atoms with Crippen LogP contribution in [0.4, 0.5) is 10.2 Å². The highest BCUT2D eigenvalue weighted by Gasteiger charge is 2.33. The maximum Gasteiger partial charge on any atom is 0.256 e. The standard InChI is InChI=1S/C24H34FN5O2/c1-15(26)27-24(32)20-12-16-11-18(25)7-8-21(16)29-23(20)30-10-9-22(17(13-30)14-31)28-19-5-3-2-4-6-19/h7-8,11-12,15,17,19,22,28,31H,2-6,9-10,13-14,26H2,1H3,(H,27,32). The number of aliphatic hydroxyl groups excluding tert-OH is 1. The average Bonchev–Trinajstić information content (AvgIpc) is 2.78. The number of benzene rings is 1. The fourth-order valence-electron chi connectivity index (χ4n) is 5.03. The Morgan fingerprint density at radius 1 is 1.28 bits per heavy atom. The van der Waals surface area contributed by atoms with E-state index in [-0.39, 0.29) is 30.3 Å². The number of fused-ring (bicyclic) bond motifs is 1. The molecule has 0 spiro atoms. The van der Waals surface area contributed by atoms with E-state index in [0.717, 1.165) is 13.0 Å². The van der Waals surface area contributed by atoms with Crippen LogP contribution in [-0.2, 0) is 0 Å². The van der Waals surface area contributed by atoms with Crippen molar-refractivity contribution in [3.8, 4) is 0 Å². The molecule has 1 aromatic heterocycles. The van der Waals surface area contributed by atoms with Crippen LogP contribution in [-0.4, -0.2) is 53.9 Å². The quantitative estimate of drug-likeness (QED) is 0.512. The van der Waals surface area contributed by atoms with E-state index in [4.69, 9.17) is 10.7 Å². The number of rotatable bonds is 6. The molecule has 32 heavy (non-hydrogen) atoms. The molecule has 4 rings (SSSR count). The second-order valence-corrected chi connectivity index (χ2v) is 9.24. The van der Waals surface area contributed by atoms with Gasteiger partial charge in [0.15, 0.2) is 0 Å². The summed E-state index contributed by atoms with van der Waals surface area (Å²) in [5.41, 5.74) is 6.78. The minimum absolute atomic E-state index is 0.0423. The first kappa shape index (κ1) is 22.9. The lowest BCUT2D eigenvalue weighted by Gasteiger charge is -2.41. The van der Waals surface area contributed by atoms with Crippen LogP contribution in [0.3, 0.4) is 0 Å². The molecule has 2 aromatic rings. The second kappa shape index (κ2) is 10.1. The summed E-state index contributed by atoms with van der Waals surface area (Å²) in [5.74, 6) is -0.116. The van der Waals surface area contributed by atoms with Gasteiger partial charge in [0.2, 0.25) is 0 Å². The molecule has 2 aliphatic rings. The largest absolute Gasteiger partial charge is 0.396 e. The number of anilines is 1. The molecular weight excluding hydrogens is 409 g/mol. The zero-order chi connectivity index (χ0) is 22.7. The Morgan fingerprint density at radius 2 is 2.06 bits per heavy atom. The van der Waals surface area contributed by atoms with Crippen molar-refractivity contribution < 1.29 is 14.3 Å². The van der Waals surface area contributed by atoms with Crippen LogP contribution < -0.4 is 21.3 Å². The van der Waals surface area contributed by atoms with Crippen molar-refractivity contribution >= 4 is 22.6 Å². The Kier molecular flexibility index (Phi) is 7.23. The van der Waals surface area contributed by atoms with Crippen molar-refractivity contribution in [1.82, 2.24) is 15.6 Å². The summed E-state index contributed by atoms with van der Waals surface area (Å²) < 4.78 is 13.8. The molecule has 7 nitrogen and oxygen atoms in total. The number of nitrogens with zero attached hydrogens (tertiary/aromatic N) is 2. The molecule has 174 valence electrons. The fraction of sp³-hybridized carbons (Fsp3) is 0.583. The molecule has 1 aliphatic heterocycles. The van der Waals surface area contributed by atoms with Gasteiger partial charge in [0.25, 0.3) is 5.91 Å². The zero-order valence-corrected chi connectivity index (χ0v) is 18.7. The maximum atomic E-state index is 13.8. The van der Waals surface area contributed by atoms with Crippen LogP contribution in [0.1, 0.15) is 55.8 Å². The van der Waals surface area contributed by atoms with E-state index < -0.39 is 6.17 Å². The van der Waals surface area contributed by atoms with Gasteiger partial charge in [-0.3, -0.25) is 4.79 Å². The molecule has 2 heterocycles. The number of aliphatic hydroxyl groups is 1. The average molecular weight is 444 g/mol. The van der Waals surface area contributed by atoms with E-state index in [1.165, 1.54) is 44.2 Å². The van der Waals surface area contributed by atoms with Crippen molar-refractivity contribution in [3.63, 3.8) is 0 Å². The van der Waals surface area contributed by atoms with E-state index in [0.29, 0.717) is 34.9 Å². The highest BCUT2D eigenvalue weighted by Crippen LogP contribution is 2.29. The van der Waals surface area contributed by atoms with Crippen molar-refractivity contribution in [1.29, 1.82) is 0 Å². The van der Waals surface area contributed by atoms with E-state index in [1.54, 1.807) is 19.1 Å². The minimum Gasteiger partial charge on any atom is -0.396 e. The number of hydrogen-bond acceptors (Lipinski definition) is 6. The summed E-state index contributed by atoms with van der Waals surface area (Å²) in [5, 5.41) is 17.2. The number of amides is 1. The van der Waals surface area contributed by atoms with E-state index in [1.807, 2.05) is 0 Å². The van der Waals surface area contributed by atoms with Crippen LogP contribution in [0.5, 0.6) is 0 Å². The molecule has 0 bridgehead atoms. The van der Waals surface area contributed by atoms with Gasteiger partial charge < -0.3 is 26.4 Å². The first-order chi connectivity index (χ1) is 15.4. The van der Waals surface area contributed by atoms with Crippen molar-refractivity contribution in [2.75, 3.05) is 24.6 Å². The second-order valence-electron chi connectivity index (χ2n) is 9.24. The zero-order valence-electron chi connectivity index (χ0n) is 18.7. The van der Waals surface area contributed by atoms with Crippen LogP contribution >= 0.6 is 0 Å². The summed E-state index contributed by atoms with van der Waals surface area (Å²) in [6.45, 7) is 3.08. The Hall–Kier alpha value is -2.29. The highest BCUT2D eigenvalue weighted by molar-refractivity contribution is 6.02. The van der Waals surface area contributed by atoms with Crippen molar-refractivity contribution in [2.45, 2.75) is 63.7 Å². The number of carbonyl (C=O) groups is 1. The fourth-order valence-corrected chi connectivity index (χ4v) is 5.03. The van der Waals surface area contributed by atoms with E-state index in [2.05, 4.69) is 15.5 Å². The van der Waals surface area contributed by atoms with Gasteiger partial charge in [0, 0.05) is 43.1 Å². The first-order valence-corrected chi connectivity index (χ1v) is 11.7. The number of pyridine rings is 1. The van der Waals surface area contributed by atoms with Gasteiger partial charge in [-0.1, -0.05) is 19.3 Å². The normalized spacial score (nSPS) is 23.3. The molecule has 1 amide bonds. The molecule has 1 saturated heterocycles. The number of piperidine rings is 1. The lowest BCUT2D eigenvalue weighted by atomic mass is 9.89. The van der Waals surface area contributed by atoms with Gasteiger partial charge >= 0.3 is 0 Å². The smallest absolute Gasteiger partial charge is 0.256 e. The van der Waals surface area contributed by atoms with Crippen molar-refractivity contribution in [3.05, 3.63) is 35.6 Å². The predicted molar refractivity (Wildman–Crippen MR) is 124 cm³/mol. The van der Waals surface area contributed by atoms with Crippen LogP contribution in [0, 0.1) is 11.7 Å². The third-order valence-electron chi connectivity index (χ3n) is 6.68. The van der Waals surface area contributed by atoms with Gasteiger partial charge in [-0.25, -0.2) is 9.37 Å². The molecule has 0 radical (unpaired) electrons. The predicted octanol–water partition coefficient (Wildman–Crippen LogP) is 2.52. The number of nitrogens with two attached hydrogens (primary N) is 1. The van der Waals surface area contributed by atoms with Crippen LogP contribution in [0.25, 0.3) is 10.9 Å². The van der Waals surface area contributed by atoms with E-state index in [9.17, 15) is 14.3 Å². The Morgan fingerprint density at radius 3 is 2.78 bits per heavy atom. The Bertz CT molecular complexity index is 947. The number of hydrogen-bond donors (Lipinski definition) is 4. The molecule has 3 atom stereocenters. The molecule has 2 fully saturated rings. The van der Waals surface area contributed by atoms with Gasteiger partial charge in [-0.15, -0.1) is 0 Å². The summed E-state index contributed by atoms with van der Waals surface area (Å²) >= 11 is 0. The molecule has 1 saturated carbocycles. The third-order valence-corrected chi connectivity index (χ3v) is 6.68. The monoisotopic (exact) mass is 443 g/mol. The molecule has 1 aliphatic carbocycles. The SMILES string of the molecule is CC(N)NC(=O)c1cc2cc(F)ccc2nc1N1CCC(NC2CCCCC2)C(CO)C1. The number of nitrogens with one attached hydrogen (secondary N) is 2. The third kappa shape index (κ3) is 5.19. The molecule has 1 aromatic carbocycles. The number of aromatic nitrogens is 1. The Balaban J connectivity index is 1.60. The summed E-state index contributed by atoms with van der Waals surface area (Å²) in [4.78, 5) is 19.7. The first-order valence-electron chi connectivity index (χ1n) is 11.7. The number of halogens is 1. The van der Waals surface area contributed by atoms with Gasteiger partial charge in [0.05, 0.1) is 17.2 Å².